The van der Waals surface area contributed by atoms with Crippen molar-refractivity contribution < 1.29 is 9.53 Å². The largest absolute Gasteiger partial charge is 0.463 e. The third-order valence-corrected chi connectivity index (χ3v) is 5.50. The second-order valence-corrected chi connectivity index (χ2v) is 7.76. The number of carbonyl (C=O) groups is 1. The van der Waals surface area contributed by atoms with E-state index in [0.717, 1.165) is 31.4 Å². The van der Waals surface area contributed by atoms with E-state index < -0.39 is 0 Å². The van der Waals surface area contributed by atoms with Crippen LogP contribution in [0.3, 0.4) is 0 Å². The molecule has 0 atom stereocenters. The third kappa shape index (κ3) is 5.85. The van der Waals surface area contributed by atoms with Gasteiger partial charge in [-0.3, -0.25) is 0 Å². The summed E-state index contributed by atoms with van der Waals surface area (Å²) < 4.78 is 7.73. The molecule has 2 aromatic carbocycles. The predicted octanol–water partition coefficient (Wildman–Crippen LogP) is 6.78. The Hall–Kier alpha value is -2.81. The number of carbonyl (C=O) groups excluding carboxylic acids is 1. The van der Waals surface area contributed by atoms with Crippen molar-refractivity contribution in [1.82, 2.24) is 4.57 Å². The number of aryl methyl sites for hydroxylation is 1. The molecule has 30 heavy (non-hydrogen) atoms. The molecule has 1 heterocycles. The highest BCUT2D eigenvalue weighted by atomic mass is 16.5. The van der Waals surface area contributed by atoms with Crippen molar-refractivity contribution in [1.29, 1.82) is 0 Å². The van der Waals surface area contributed by atoms with E-state index in [-0.39, 0.29) is 5.97 Å². The van der Waals surface area contributed by atoms with Gasteiger partial charge in [0.2, 0.25) is 0 Å². The molecular weight excluding hydrogens is 370 g/mol. The highest BCUT2D eigenvalue weighted by Gasteiger charge is 2.10. The van der Waals surface area contributed by atoms with Gasteiger partial charge in [0.25, 0.3) is 0 Å². The van der Waals surface area contributed by atoms with Gasteiger partial charge < -0.3 is 9.30 Å². The molecule has 3 rings (SSSR count). The summed E-state index contributed by atoms with van der Waals surface area (Å²) in [6.45, 7) is 5.74. The molecule has 1 aromatic heterocycles. The van der Waals surface area contributed by atoms with Crippen LogP contribution in [-0.2, 0) is 22.5 Å². The Morgan fingerprint density at radius 1 is 0.967 bits per heavy atom. The minimum absolute atomic E-state index is 0.262. The molecule has 0 saturated heterocycles. The van der Waals surface area contributed by atoms with E-state index in [9.17, 15) is 4.79 Å². The van der Waals surface area contributed by atoms with Crippen molar-refractivity contribution in [3.8, 4) is 0 Å². The van der Waals surface area contributed by atoms with Crippen LogP contribution in [0.15, 0.2) is 60.7 Å². The smallest absolute Gasteiger partial charge is 0.330 e. The molecule has 0 spiro atoms. The van der Waals surface area contributed by atoms with Gasteiger partial charge in [-0.25, -0.2) is 4.79 Å². The summed E-state index contributed by atoms with van der Waals surface area (Å²) in [5, 5.41) is 1.17. The Labute approximate surface area is 180 Å². The molecule has 0 amide bonds. The summed E-state index contributed by atoms with van der Waals surface area (Å²) in [5.74, 6) is -0.262. The molecule has 0 radical (unpaired) electrons. The van der Waals surface area contributed by atoms with Crippen LogP contribution in [0.5, 0.6) is 0 Å². The van der Waals surface area contributed by atoms with Crippen molar-refractivity contribution in [2.24, 2.45) is 0 Å². The number of nitrogens with zero attached hydrogens (tertiary/aromatic N) is 1. The van der Waals surface area contributed by atoms with Crippen LogP contribution in [0.2, 0.25) is 0 Å². The molecule has 0 saturated carbocycles. The van der Waals surface area contributed by atoms with Gasteiger partial charge in [-0.2, -0.15) is 0 Å². The van der Waals surface area contributed by atoms with Gasteiger partial charge in [0.15, 0.2) is 0 Å². The molecule has 0 aliphatic carbocycles. The number of hydrogen-bond acceptors (Lipinski definition) is 2. The molecule has 0 fully saturated rings. The fraction of sp³-hybridized carbons (Fsp3) is 0.370. The van der Waals surface area contributed by atoms with Crippen LogP contribution in [0, 0.1) is 0 Å². The molecule has 0 aliphatic rings. The van der Waals surface area contributed by atoms with E-state index in [1.807, 2.05) is 12.1 Å². The first-order valence-corrected chi connectivity index (χ1v) is 11.2. The lowest BCUT2D eigenvalue weighted by molar-refractivity contribution is -0.137. The second-order valence-electron chi connectivity index (χ2n) is 7.76. The van der Waals surface area contributed by atoms with Crippen LogP contribution in [-0.4, -0.2) is 17.1 Å². The zero-order chi connectivity index (χ0) is 21.2. The normalized spacial score (nSPS) is 11.4. The molecule has 0 unspecified atom stereocenters. The quantitative estimate of drug-likeness (QED) is 0.201. The summed E-state index contributed by atoms with van der Waals surface area (Å²) in [6, 6.07) is 19.0. The van der Waals surface area contributed by atoms with E-state index in [2.05, 4.69) is 66.9 Å². The fourth-order valence-corrected chi connectivity index (χ4v) is 3.84. The molecule has 3 aromatic rings. The first-order chi connectivity index (χ1) is 14.7. The SMILES string of the molecule is CCCCCCCOC(=O)C=Cc1cccc2c1cc(CC)n2Cc1ccccc1. The first kappa shape index (κ1) is 21.9. The van der Waals surface area contributed by atoms with E-state index in [1.54, 1.807) is 6.08 Å². The van der Waals surface area contributed by atoms with Gasteiger partial charge in [0.05, 0.1) is 6.61 Å². The van der Waals surface area contributed by atoms with Gasteiger partial charge >= 0.3 is 5.97 Å². The first-order valence-electron chi connectivity index (χ1n) is 11.2. The maximum Gasteiger partial charge on any atom is 0.330 e. The average molecular weight is 404 g/mol. The highest BCUT2D eigenvalue weighted by Crippen LogP contribution is 2.26. The lowest BCUT2D eigenvalue weighted by atomic mass is 10.1. The summed E-state index contributed by atoms with van der Waals surface area (Å²) in [4.78, 5) is 12.1. The molecule has 0 aliphatic heterocycles. The summed E-state index contributed by atoms with van der Waals surface area (Å²) in [6.07, 6.45) is 10.2. The minimum Gasteiger partial charge on any atom is -0.463 e. The van der Waals surface area contributed by atoms with Crippen molar-refractivity contribution in [3.05, 3.63) is 77.5 Å². The lowest BCUT2D eigenvalue weighted by Gasteiger charge is -2.10. The van der Waals surface area contributed by atoms with Gasteiger partial charge in [0, 0.05) is 29.2 Å². The maximum absolute atomic E-state index is 12.1. The Bertz CT molecular complexity index is 969. The van der Waals surface area contributed by atoms with Crippen LogP contribution in [0.1, 0.15) is 62.8 Å². The molecule has 0 bridgehead atoms. The second kappa shape index (κ2) is 11.4. The van der Waals surface area contributed by atoms with Crippen LogP contribution in [0.4, 0.5) is 0 Å². The van der Waals surface area contributed by atoms with E-state index in [4.69, 9.17) is 4.74 Å². The van der Waals surface area contributed by atoms with Crippen LogP contribution < -0.4 is 0 Å². The Balaban J connectivity index is 1.71. The number of rotatable bonds is 11. The zero-order valence-electron chi connectivity index (χ0n) is 18.3. The Morgan fingerprint density at radius 3 is 2.53 bits per heavy atom. The van der Waals surface area contributed by atoms with E-state index in [1.165, 1.54) is 41.4 Å². The van der Waals surface area contributed by atoms with Crippen molar-refractivity contribution in [2.75, 3.05) is 6.61 Å². The minimum atomic E-state index is -0.262. The summed E-state index contributed by atoms with van der Waals surface area (Å²) in [7, 11) is 0. The van der Waals surface area contributed by atoms with Crippen molar-refractivity contribution in [3.63, 3.8) is 0 Å². The topological polar surface area (TPSA) is 31.2 Å². The molecule has 3 heteroatoms. The number of benzene rings is 2. The maximum atomic E-state index is 12.1. The number of hydrogen-bond donors (Lipinski definition) is 0. The highest BCUT2D eigenvalue weighted by molar-refractivity contribution is 5.94. The summed E-state index contributed by atoms with van der Waals surface area (Å²) in [5.41, 5.74) is 4.83. The fourth-order valence-electron chi connectivity index (χ4n) is 3.84. The number of aromatic nitrogens is 1. The monoisotopic (exact) mass is 403 g/mol. The van der Waals surface area contributed by atoms with Crippen molar-refractivity contribution in [2.45, 2.75) is 58.9 Å². The Kier molecular flexibility index (Phi) is 8.31. The molecular formula is C27H33NO2. The molecule has 3 nitrogen and oxygen atoms in total. The summed E-state index contributed by atoms with van der Waals surface area (Å²) >= 11 is 0. The van der Waals surface area contributed by atoms with E-state index in [0.29, 0.717) is 6.61 Å². The number of esters is 1. The van der Waals surface area contributed by atoms with Gasteiger partial charge in [-0.15, -0.1) is 0 Å². The van der Waals surface area contributed by atoms with Crippen molar-refractivity contribution >= 4 is 22.9 Å². The van der Waals surface area contributed by atoms with Gasteiger partial charge in [-0.1, -0.05) is 82.0 Å². The molecule has 158 valence electrons. The number of ether oxygens (including phenoxy) is 1. The van der Waals surface area contributed by atoms with E-state index >= 15 is 0 Å². The standard InChI is InChI=1S/C27H33NO2/c1-3-5-6-7-11-19-30-27(29)18-17-23-15-12-16-26-25(23)20-24(4-2)28(26)21-22-13-9-8-10-14-22/h8-10,12-18,20H,3-7,11,19,21H2,1-2H3. The lowest BCUT2D eigenvalue weighted by Crippen LogP contribution is -2.03. The Morgan fingerprint density at radius 2 is 1.77 bits per heavy atom. The predicted molar refractivity (Wildman–Crippen MR) is 126 cm³/mol. The third-order valence-electron chi connectivity index (χ3n) is 5.50. The van der Waals surface area contributed by atoms with Crippen LogP contribution >= 0.6 is 0 Å². The average Bonchev–Trinajstić information content (AvgIpc) is 3.13. The van der Waals surface area contributed by atoms with Gasteiger partial charge in [0.1, 0.15) is 0 Å². The zero-order valence-corrected chi connectivity index (χ0v) is 18.3. The van der Waals surface area contributed by atoms with Crippen LogP contribution in [0.25, 0.3) is 17.0 Å². The number of fused-ring (bicyclic) bond motifs is 1. The van der Waals surface area contributed by atoms with Gasteiger partial charge in [-0.05, 0) is 42.2 Å². The number of unbranched alkanes of at least 4 members (excludes halogenated alkanes) is 4. The molecule has 0 N–H and O–H groups in total.